The van der Waals surface area contributed by atoms with Crippen molar-refractivity contribution in [2.45, 2.75) is 32.2 Å². The van der Waals surface area contributed by atoms with Gasteiger partial charge in [-0.1, -0.05) is 13.0 Å². The predicted molar refractivity (Wildman–Crippen MR) is 71.3 cm³/mol. The topological polar surface area (TPSA) is 34.2 Å². The quantitative estimate of drug-likeness (QED) is 0.702. The molecule has 1 heterocycles. The molecule has 0 spiro atoms. The Kier molecular flexibility index (Phi) is 6.33. The Bertz CT molecular complexity index is 339. The first-order valence-electron chi connectivity index (χ1n) is 6.15. The second-order valence-corrected chi connectivity index (χ2v) is 3.99. The van der Waals surface area contributed by atoms with Gasteiger partial charge in [-0.15, -0.1) is 6.58 Å². The lowest BCUT2D eigenvalue weighted by molar-refractivity contribution is 0.393. The van der Waals surface area contributed by atoms with Crippen molar-refractivity contribution >= 4 is 0 Å². The smallest absolute Gasteiger partial charge is 0.141 e. The van der Waals surface area contributed by atoms with E-state index in [1.54, 1.807) is 13.3 Å². The number of nitrogens with zero attached hydrogens (tertiary/aromatic N) is 1. The van der Waals surface area contributed by atoms with Gasteiger partial charge in [-0.2, -0.15) is 0 Å². The number of allylic oxidation sites excluding steroid dienone is 1. The monoisotopic (exact) mass is 234 g/mol. The van der Waals surface area contributed by atoms with E-state index >= 15 is 0 Å². The molecule has 1 atom stereocenters. The van der Waals surface area contributed by atoms with Crippen LogP contribution in [0.25, 0.3) is 0 Å². The minimum Gasteiger partial charge on any atom is -0.495 e. The maximum atomic E-state index is 5.36. The largest absolute Gasteiger partial charge is 0.495 e. The molecule has 0 amide bonds. The number of ether oxygens (including phenoxy) is 1. The Morgan fingerprint density at radius 2 is 2.41 bits per heavy atom. The Hall–Kier alpha value is -1.35. The van der Waals surface area contributed by atoms with Gasteiger partial charge >= 0.3 is 0 Å². The third-order valence-corrected chi connectivity index (χ3v) is 2.71. The molecular formula is C14H22N2O. The first kappa shape index (κ1) is 13.7. The summed E-state index contributed by atoms with van der Waals surface area (Å²) in [6, 6.07) is 2.33. The summed E-state index contributed by atoms with van der Waals surface area (Å²) in [6.07, 6.45) is 8.68. The van der Waals surface area contributed by atoms with Crippen LogP contribution in [0.2, 0.25) is 0 Å². The number of pyridine rings is 1. The Labute approximate surface area is 104 Å². The summed E-state index contributed by atoms with van der Waals surface area (Å²) in [5, 5.41) is 3.54. The van der Waals surface area contributed by atoms with Gasteiger partial charge in [0.25, 0.3) is 0 Å². The van der Waals surface area contributed by atoms with E-state index in [9.17, 15) is 0 Å². The van der Waals surface area contributed by atoms with Crippen molar-refractivity contribution < 1.29 is 4.74 Å². The molecule has 0 saturated heterocycles. The molecule has 3 nitrogen and oxygen atoms in total. The van der Waals surface area contributed by atoms with E-state index in [2.05, 4.69) is 23.8 Å². The average Bonchev–Trinajstić information content (AvgIpc) is 2.39. The van der Waals surface area contributed by atoms with E-state index < -0.39 is 0 Å². The average molecular weight is 234 g/mol. The fourth-order valence-electron chi connectivity index (χ4n) is 1.82. The molecule has 3 heteroatoms. The van der Waals surface area contributed by atoms with E-state index in [1.807, 2.05) is 18.3 Å². The molecule has 17 heavy (non-hydrogen) atoms. The molecular weight excluding hydrogens is 212 g/mol. The molecule has 0 aliphatic rings. The number of hydrogen-bond donors (Lipinski definition) is 1. The number of methoxy groups -OCH3 is 1. The lowest BCUT2D eigenvalue weighted by atomic mass is 10.0. The van der Waals surface area contributed by atoms with Crippen molar-refractivity contribution in [1.29, 1.82) is 0 Å². The number of rotatable bonds is 8. The van der Waals surface area contributed by atoms with Crippen molar-refractivity contribution in [3.8, 4) is 5.75 Å². The summed E-state index contributed by atoms with van der Waals surface area (Å²) in [6.45, 7) is 6.95. The highest BCUT2D eigenvalue weighted by molar-refractivity contribution is 5.32. The van der Waals surface area contributed by atoms with Crippen LogP contribution in [0.3, 0.4) is 0 Å². The molecule has 1 aromatic heterocycles. The molecule has 0 fully saturated rings. The molecule has 0 aliphatic heterocycles. The van der Waals surface area contributed by atoms with E-state index in [4.69, 9.17) is 4.74 Å². The Morgan fingerprint density at radius 1 is 1.59 bits per heavy atom. The highest BCUT2D eigenvalue weighted by Crippen LogP contribution is 2.27. The van der Waals surface area contributed by atoms with Gasteiger partial charge in [0.15, 0.2) is 0 Å². The molecule has 1 aromatic rings. The molecule has 0 radical (unpaired) electrons. The van der Waals surface area contributed by atoms with Gasteiger partial charge in [0.05, 0.1) is 13.3 Å². The van der Waals surface area contributed by atoms with Gasteiger partial charge < -0.3 is 10.1 Å². The maximum absolute atomic E-state index is 5.36. The lowest BCUT2D eigenvalue weighted by Gasteiger charge is -2.20. The zero-order valence-electron chi connectivity index (χ0n) is 10.8. The van der Waals surface area contributed by atoms with Crippen molar-refractivity contribution in [1.82, 2.24) is 10.3 Å². The summed E-state index contributed by atoms with van der Waals surface area (Å²) in [7, 11) is 1.69. The van der Waals surface area contributed by atoms with Crippen LogP contribution in [0.15, 0.2) is 31.1 Å². The van der Waals surface area contributed by atoms with Gasteiger partial charge in [0.2, 0.25) is 0 Å². The molecule has 0 aromatic carbocycles. The van der Waals surface area contributed by atoms with Gasteiger partial charge in [-0.05, 0) is 31.9 Å². The molecule has 0 aliphatic carbocycles. The molecule has 0 saturated carbocycles. The minimum absolute atomic E-state index is 0.311. The normalized spacial score (nSPS) is 12.1. The van der Waals surface area contributed by atoms with Gasteiger partial charge in [0.1, 0.15) is 5.75 Å². The van der Waals surface area contributed by atoms with Crippen LogP contribution in [-0.2, 0) is 0 Å². The predicted octanol–water partition coefficient (Wildman–Crippen LogP) is 3.10. The molecule has 1 unspecified atom stereocenters. The first-order chi connectivity index (χ1) is 8.33. The van der Waals surface area contributed by atoms with Gasteiger partial charge in [-0.3, -0.25) is 4.98 Å². The van der Waals surface area contributed by atoms with Crippen molar-refractivity contribution in [3.63, 3.8) is 0 Å². The Balaban J connectivity index is 2.81. The van der Waals surface area contributed by atoms with Crippen molar-refractivity contribution in [2.24, 2.45) is 0 Å². The summed E-state index contributed by atoms with van der Waals surface area (Å²) in [5.41, 5.74) is 1.18. The van der Waals surface area contributed by atoms with Crippen molar-refractivity contribution in [3.05, 3.63) is 36.7 Å². The van der Waals surface area contributed by atoms with Gasteiger partial charge in [-0.25, -0.2) is 0 Å². The second-order valence-electron chi connectivity index (χ2n) is 3.99. The molecule has 94 valence electrons. The Morgan fingerprint density at radius 3 is 3.06 bits per heavy atom. The standard InChI is InChI=1S/C14H22N2O/c1-4-6-7-13(16-9-5-2)12-8-10-15-11-14(12)17-3/h4,8,10-11,13,16H,1,5-7,9H2,2-3H3. The van der Waals surface area contributed by atoms with Crippen molar-refractivity contribution in [2.75, 3.05) is 13.7 Å². The van der Waals surface area contributed by atoms with Crippen LogP contribution in [0, 0.1) is 0 Å². The third-order valence-electron chi connectivity index (χ3n) is 2.71. The minimum atomic E-state index is 0.311. The number of aromatic nitrogens is 1. The SMILES string of the molecule is C=CCCC(NCCC)c1ccncc1OC. The lowest BCUT2D eigenvalue weighted by Crippen LogP contribution is -2.22. The zero-order chi connectivity index (χ0) is 12.5. The zero-order valence-corrected chi connectivity index (χ0v) is 10.8. The van der Waals surface area contributed by atoms with E-state index in [1.165, 1.54) is 5.56 Å². The first-order valence-corrected chi connectivity index (χ1v) is 6.15. The van der Waals surface area contributed by atoms with Crippen LogP contribution in [0.5, 0.6) is 5.75 Å². The van der Waals surface area contributed by atoms with Crippen LogP contribution in [-0.4, -0.2) is 18.6 Å². The summed E-state index contributed by atoms with van der Waals surface area (Å²) in [5.74, 6) is 0.852. The van der Waals surface area contributed by atoms with Crippen LogP contribution >= 0.6 is 0 Å². The van der Waals surface area contributed by atoms with E-state index in [0.717, 1.165) is 31.6 Å². The molecule has 0 bridgehead atoms. The molecule has 1 rings (SSSR count). The highest BCUT2D eigenvalue weighted by atomic mass is 16.5. The number of hydrogen-bond acceptors (Lipinski definition) is 3. The summed E-state index contributed by atoms with van der Waals surface area (Å²) in [4.78, 5) is 4.09. The van der Waals surface area contributed by atoms with Crippen LogP contribution in [0.4, 0.5) is 0 Å². The maximum Gasteiger partial charge on any atom is 0.141 e. The highest BCUT2D eigenvalue weighted by Gasteiger charge is 2.14. The van der Waals surface area contributed by atoms with Crippen LogP contribution in [0.1, 0.15) is 37.8 Å². The van der Waals surface area contributed by atoms with Crippen LogP contribution < -0.4 is 10.1 Å². The second kappa shape index (κ2) is 7.85. The fraction of sp³-hybridized carbons (Fsp3) is 0.500. The third kappa shape index (κ3) is 4.19. The number of nitrogens with one attached hydrogen (secondary N) is 1. The fourth-order valence-corrected chi connectivity index (χ4v) is 1.82. The van der Waals surface area contributed by atoms with E-state index in [-0.39, 0.29) is 0 Å². The summed E-state index contributed by atoms with van der Waals surface area (Å²) >= 11 is 0. The van der Waals surface area contributed by atoms with Gasteiger partial charge in [0, 0.05) is 17.8 Å². The van der Waals surface area contributed by atoms with E-state index in [0.29, 0.717) is 6.04 Å². The summed E-state index contributed by atoms with van der Waals surface area (Å²) < 4.78 is 5.36. The molecule has 1 N–H and O–H groups in total.